The van der Waals surface area contributed by atoms with Gasteiger partial charge in [0, 0.05) is 19.2 Å². The Balaban J connectivity index is 2.36. The summed E-state index contributed by atoms with van der Waals surface area (Å²) in [5, 5.41) is 14.2. The number of ether oxygens (including phenoxy) is 2. The SMILES string of the molecule is COC[NH+](O)c1ccc(-n2cnc(C)n2)c(OC)c1. The molecule has 2 N–H and O–H groups in total. The standard InChI is InChI=1S/C12H16N4O3/c1-9-13-7-15(14-9)11-5-4-10(6-12(11)19-3)16(17)8-18-2/h4-7,17H,8H2,1-3H3/p+1. The zero-order valence-electron chi connectivity index (χ0n) is 11.1. The first-order valence-electron chi connectivity index (χ1n) is 5.76. The molecule has 0 aliphatic heterocycles. The van der Waals surface area contributed by atoms with E-state index in [4.69, 9.17) is 9.47 Å². The lowest BCUT2D eigenvalue weighted by Crippen LogP contribution is -3.05. The Kier molecular flexibility index (Phi) is 4.10. The highest BCUT2D eigenvalue weighted by Crippen LogP contribution is 2.24. The molecule has 0 fully saturated rings. The minimum absolute atomic E-state index is 0.155. The monoisotopic (exact) mass is 265 g/mol. The van der Waals surface area contributed by atoms with Gasteiger partial charge in [-0.3, -0.25) is 0 Å². The molecule has 7 heteroatoms. The van der Waals surface area contributed by atoms with Crippen molar-refractivity contribution in [3.63, 3.8) is 0 Å². The van der Waals surface area contributed by atoms with E-state index in [9.17, 15) is 5.21 Å². The largest absolute Gasteiger partial charge is 0.494 e. The molecule has 1 aromatic carbocycles. The molecular weight excluding hydrogens is 248 g/mol. The van der Waals surface area contributed by atoms with Crippen LogP contribution in [0.1, 0.15) is 5.82 Å². The number of nitrogens with zero attached hydrogens (tertiary/aromatic N) is 3. The van der Waals surface area contributed by atoms with Crippen molar-refractivity contribution in [2.24, 2.45) is 0 Å². The number of benzene rings is 1. The maximum absolute atomic E-state index is 9.81. The highest BCUT2D eigenvalue weighted by molar-refractivity contribution is 5.52. The molecule has 2 rings (SSSR count). The smallest absolute Gasteiger partial charge is 0.215 e. The summed E-state index contributed by atoms with van der Waals surface area (Å²) >= 11 is 0. The molecule has 0 amide bonds. The van der Waals surface area contributed by atoms with Gasteiger partial charge < -0.3 is 9.47 Å². The number of nitrogens with one attached hydrogen (secondary N) is 1. The number of methoxy groups -OCH3 is 2. The summed E-state index contributed by atoms with van der Waals surface area (Å²) in [7, 11) is 3.10. The number of rotatable bonds is 5. The number of aromatic nitrogens is 3. The van der Waals surface area contributed by atoms with E-state index < -0.39 is 0 Å². The van der Waals surface area contributed by atoms with Crippen LogP contribution in [0.5, 0.6) is 5.75 Å². The van der Waals surface area contributed by atoms with Gasteiger partial charge in [-0.05, 0) is 13.0 Å². The van der Waals surface area contributed by atoms with Gasteiger partial charge >= 0.3 is 0 Å². The Morgan fingerprint density at radius 3 is 2.74 bits per heavy atom. The highest BCUT2D eigenvalue weighted by Gasteiger charge is 2.14. The normalized spacial score (nSPS) is 12.4. The van der Waals surface area contributed by atoms with Crippen molar-refractivity contribution in [2.45, 2.75) is 6.92 Å². The second kappa shape index (κ2) is 5.79. The third kappa shape index (κ3) is 2.90. The van der Waals surface area contributed by atoms with Crippen LogP contribution in [0.3, 0.4) is 0 Å². The number of hydrogen-bond donors (Lipinski definition) is 2. The van der Waals surface area contributed by atoms with Gasteiger partial charge in [0.2, 0.25) is 6.73 Å². The maximum atomic E-state index is 9.81. The number of aryl methyl sites for hydroxylation is 1. The van der Waals surface area contributed by atoms with Crippen LogP contribution in [0.25, 0.3) is 5.69 Å². The Morgan fingerprint density at radius 1 is 1.37 bits per heavy atom. The molecular formula is C12H17N4O3+. The van der Waals surface area contributed by atoms with Crippen LogP contribution < -0.4 is 9.80 Å². The first-order chi connectivity index (χ1) is 9.15. The Bertz CT molecular complexity index is 556. The summed E-state index contributed by atoms with van der Waals surface area (Å²) in [6.07, 6.45) is 1.62. The maximum Gasteiger partial charge on any atom is 0.215 e. The zero-order valence-corrected chi connectivity index (χ0v) is 11.1. The summed E-state index contributed by atoms with van der Waals surface area (Å²) in [5.41, 5.74) is 1.41. The third-order valence-corrected chi connectivity index (χ3v) is 2.65. The van der Waals surface area contributed by atoms with E-state index in [0.29, 0.717) is 17.3 Å². The topological polar surface area (TPSA) is 73.8 Å². The fourth-order valence-electron chi connectivity index (χ4n) is 1.73. The van der Waals surface area contributed by atoms with Crippen LogP contribution >= 0.6 is 0 Å². The van der Waals surface area contributed by atoms with Crippen LogP contribution in [0.2, 0.25) is 0 Å². The van der Waals surface area contributed by atoms with Gasteiger partial charge in [0.25, 0.3) is 0 Å². The Labute approximate surface area is 111 Å². The molecule has 2 aromatic rings. The first-order valence-corrected chi connectivity index (χ1v) is 5.76. The van der Waals surface area contributed by atoms with E-state index in [2.05, 4.69) is 10.1 Å². The quantitative estimate of drug-likeness (QED) is 0.592. The molecule has 0 aliphatic rings. The second-order valence-electron chi connectivity index (χ2n) is 4.00. The average molecular weight is 265 g/mol. The van der Waals surface area contributed by atoms with Gasteiger partial charge in [0.15, 0.2) is 11.4 Å². The molecule has 1 aromatic heterocycles. The van der Waals surface area contributed by atoms with Gasteiger partial charge in [0.05, 0.1) is 7.11 Å². The van der Waals surface area contributed by atoms with Gasteiger partial charge in [-0.25, -0.2) is 14.9 Å². The average Bonchev–Trinajstić information content (AvgIpc) is 2.84. The van der Waals surface area contributed by atoms with Crippen molar-refractivity contribution in [3.05, 3.63) is 30.4 Å². The van der Waals surface area contributed by atoms with E-state index in [1.54, 1.807) is 30.3 Å². The lowest BCUT2D eigenvalue weighted by molar-refractivity contribution is -1.05. The van der Waals surface area contributed by atoms with E-state index >= 15 is 0 Å². The lowest BCUT2D eigenvalue weighted by Gasteiger charge is -2.12. The summed E-state index contributed by atoms with van der Waals surface area (Å²) < 4.78 is 11.8. The van der Waals surface area contributed by atoms with Crippen molar-refractivity contribution in [1.82, 2.24) is 14.8 Å². The van der Waals surface area contributed by atoms with Crippen LogP contribution in [0, 0.1) is 6.92 Å². The summed E-state index contributed by atoms with van der Waals surface area (Å²) in [4.78, 5) is 4.08. The van der Waals surface area contributed by atoms with E-state index in [0.717, 1.165) is 5.69 Å². The van der Waals surface area contributed by atoms with Crippen molar-refractivity contribution in [3.8, 4) is 11.4 Å². The predicted molar refractivity (Wildman–Crippen MR) is 66.9 cm³/mol. The van der Waals surface area contributed by atoms with E-state index in [-0.39, 0.29) is 11.8 Å². The molecule has 0 spiro atoms. The fourth-order valence-corrected chi connectivity index (χ4v) is 1.73. The third-order valence-electron chi connectivity index (χ3n) is 2.65. The summed E-state index contributed by atoms with van der Waals surface area (Å²) in [5.74, 6) is 1.28. The fraction of sp³-hybridized carbons (Fsp3) is 0.333. The molecule has 0 saturated heterocycles. The molecule has 19 heavy (non-hydrogen) atoms. The zero-order chi connectivity index (χ0) is 13.8. The molecule has 7 nitrogen and oxygen atoms in total. The summed E-state index contributed by atoms with van der Waals surface area (Å²) in [6.45, 7) is 1.97. The van der Waals surface area contributed by atoms with Gasteiger partial charge in [-0.15, -0.1) is 5.06 Å². The van der Waals surface area contributed by atoms with Crippen molar-refractivity contribution < 1.29 is 19.7 Å². The van der Waals surface area contributed by atoms with Crippen molar-refractivity contribution >= 4 is 5.69 Å². The molecule has 0 aliphatic carbocycles. The number of hydroxylamine groups is 1. The van der Waals surface area contributed by atoms with Crippen LogP contribution in [0.4, 0.5) is 5.69 Å². The van der Waals surface area contributed by atoms with Crippen molar-refractivity contribution in [1.29, 1.82) is 0 Å². The van der Waals surface area contributed by atoms with Gasteiger partial charge in [-0.2, -0.15) is 5.10 Å². The van der Waals surface area contributed by atoms with Crippen LogP contribution in [0.15, 0.2) is 24.5 Å². The van der Waals surface area contributed by atoms with E-state index in [1.807, 2.05) is 13.0 Å². The Hall–Kier alpha value is -1.96. The highest BCUT2D eigenvalue weighted by atomic mass is 16.6. The Morgan fingerprint density at radius 2 is 2.16 bits per heavy atom. The minimum atomic E-state index is 0.155. The van der Waals surface area contributed by atoms with Gasteiger partial charge in [0.1, 0.15) is 17.8 Å². The molecule has 0 saturated carbocycles. The minimum Gasteiger partial charge on any atom is -0.494 e. The second-order valence-corrected chi connectivity index (χ2v) is 4.00. The number of quaternary nitrogens is 1. The summed E-state index contributed by atoms with van der Waals surface area (Å²) in [6, 6.07) is 5.33. The number of hydrogen-bond acceptors (Lipinski definition) is 5. The predicted octanol–water partition coefficient (Wildman–Crippen LogP) is 0.0938. The lowest BCUT2D eigenvalue weighted by atomic mass is 10.2. The van der Waals surface area contributed by atoms with Crippen molar-refractivity contribution in [2.75, 3.05) is 21.0 Å². The molecule has 102 valence electrons. The molecule has 0 radical (unpaired) electrons. The molecule has 1 heterocycles. The van der Waals surface area contributed by atoms with E-state index in [1.165, 1.54) is 7.11 Å². The molecule has 0 bridgehead atoms. The molecule has 1 atom stereocenters. The molecule has 1 unspecified atom stereocenters. The van der Waals surface area contributed by atoms with Crippen LogP contribution in [-0.4, -0.2) is 40.9 Å². The first kappa shape index (κ1) is 13.5. The van der Waals surface area contributed by atoms with Gasteiger partial charge in [-0.1, -0.05) is 0 Å². The van der Waals surface area contributed by atoms with Crippen LogP contribution in [-0.2, 0) is 4.74 Å².